The Bertz CT molecular complexity index is 1080. The summed E-state index contributed by atoms with van der Waals surface area (Å²) in [4.78, 5) is 7.10. The van der Waals surface area contributed by atoms with Crippen molar-refractivity contribution < 1.29 is 4.39 Å². The molecule has 0 amide bonds. The topological polar surface area (TPSA) is 56.8 Å². The molecule has 0 atom stereocenters. The highest BCUT2D eigenvalue weighted by molar-refractivity contribution is 5.76. The van der Waals surface area contributed by atoms with Crippen LogP contribution in [0.1, 0.15) is 41.8 Å². The maximum atomic E-state index is 13.3. The SMILES string of the molecule is C=C(Nc1ccc(CCCN2CCCC2)nc1)c1n[nH]cc1C#Cc1cccc(F)c1. The maximum absolute atomic E-state index is 13.3. The number of aryl methyl sites for hydroxylation is 1. The summed E-state index contributed by atoms with van der Waals surface area (Å²) < 4.78 is 13.3. The van der Waals surface area contributed by atoms with Crippen LogP contribution in [-0.2, 0) is 6.42 Å². The minimum Gasteiger partial charge on any atom is -0.353 e. The van der Waals surface area contributed by atoms with E-state index in [1.807, 2.05) is 12.3 Å². The van der Waals surface area contributed by atoms with Gasteiger partial charge in [-0.1, -0.05) is 24.5 Å². The molecule has 5 nitrogen and oxygen atoms in total. The average Bonchev–Trinajstić information content (AvgIpc) is 3.46. The fourth-order valence-electron chi connectivity index (χ4n) is 3.69. The summed E-state index contributed by atoms with van der Waals surface area (Å²) in [6.07, 6.45) is 8.30. The van der Waals surface area contributed by atoms with Gasteiger partial charge in [0.25, 0.3) is 0 Å². The van der Waals surface area contributed by atoms with Crippen LogP contribution in [0.25, 0.3) is 5.70 Å². The minimum absolute atomic E-state index is 0.308. The van der Waals surface area contributed by atoms with E-state index in [0.717, 1.165) is 30.8 Å². The highest BCUT2D eigenvalue weighted by Crippen LogP contribution is 2.18. The van der Waals surface area contributed by atoms with Crippen molar-refractivity contribution in [3.05, 3.63) is 83.7 Å². The first kappa shape index (κ1) is 20.8. The summed E-state index contributed by atoms with van der Waals surface area (Å²) in [5.74, 6) is 5.68. The number of hydrogen-bond donors (Lipinski definition) is 2. The second-order valence-electron chi connectivity index (χ2n) is 7.70. The fourth-order valence-corrected chi connectivity index (χ4v) is 3.69. The Morgan fingerprint density at radius 2 is 2.06 bits per heavy atom. The monoisotopic (exact) mass is 415 g/mol. The van der Waals surface area contributed by atoms with Crippen LogP contribution in [0.2, 0.25) is 0 Å². The minimum atomic E-state index is -0.308. The van der Waals surface area contributed by atoms with Gasteiger partial charge in [0.2, 0.25) is 0 Å². The van der Waals surface area contributed by atoms with Gasteiger partial charge in [-0.05, 0) is 75.6 Å². The summed E-state index contributed by atoms with van der Waals surface area (Å²) in [5, 5.41) is 10.3. The predicted octanol–water partition coefficient (Wildman–Crippen LogP) is 4.45. The van der Waals surface area contributed by atoms with E-state index in [2.05, 4.69) is 49.9 Å². The van der Waals surface area contributed by atoms with Gasteiger partial charge in [0.1, 0.15) is 11.5 Å². The van der Waals surface area contributed by atoms with Crippen LogP contribution in [0.3, 0.4) is 0 Å². The van der Waals surface area contributed by atoms with Crippen molar-refractivity contribution in [1.82, 2.24) is 20.1 Å². The van der Waals surface area contributed by atoms with E-state index in [-0.39, 0.29) is 5.82 Å². The van der Waals surface area contributed by atoms with E-state index in [0.29, 0.717) is 22.5 Å². The molecule has 1 fully saturated rings. The van der Waals surface area contributed by atoms with Crippen LogP contribution in [0, 0.1) is 17.7 Å². The normalized spacial score (nSPS) is 13.6. The number of benzene rings is 1. The molecule has 3 heterocycles. The number of nitrogens with one attached hydrogen (secondary N) is 2. The van der Waals surface area contributed by atoms with E-state index in [1.54, 1.807) is 18.3 Å². The van der Waals surface area contributed by atoms with Gasteiger partial charge < -0.3 is 10.2 Å². The molecule has 2 N–H and O–H groups in total. The van der Waals surface area contributed by atoms with E-state index in [1.165, 1.54) is 38.1 Å². The maximum Gasteiger partial charge on any atom is 0.124 e. The van der Waals surface area contributed by atoms with Crippen molar-refractivity contribution >= 4 is 11.4 Å². The molecule has 1 aliphatic rings. The molecule has 0 saturated carbocycles. The van der Waals surface area contributed by atoms with E-state index < -0.39 is 0 Å². The Kier molecular flexibility index (Phi) is 6.75. The molecule has 1 saturated heterocycles. The molecule has 31 heavy (non-hydrogen) atoms. The van der Waals surface area contributed by atoms with Crippen LogP contribution in [0.15, 0.2) is 55.4 Å². The van der Waals surface area contributed by atoms with Crippen molar-refractivity contribution in [2.24, 2.45) is 0 Å². The lowest BCUT2D eigenvalue weighted by Gasteiger charge is -2.13. The van der Waals surface area contributed by atoms with Gasteiger partial charge in [0, 0.05) is 17.5 Å². The first-order valence-corrected chi connectivity index (χ1v) is 10.6. The Balaban J connectivity index is 1.34. The van der Waals surface area contributed by atoms with E-state index >= 15 is 0 Å². The van der Waals surface area contributed by atoms with Gasteiger partial charge in [0.15, 0.2) is 0 Å². The third kappa shape index (κ3) is 5.80. The van der Waals surface area contributed by atoms with Crippen LogP contribution < -0.4 is 5.32 Å². The number of anilines is 1. The van der Waals surface area contributed by atoms with Crippen molar-refractivity contribution in [1.29, 1.82) is 0 Å². The smallest absolute Gasteiger partial charge is 0.124 e. The number of aromatic amines is 1. The Hall–Kier alpha value is -3.43. The molecule has 0 spiro atoms. The fraction of sp³-hybridized carbons (Fsp3) is 0.280. The molecule has 158 valence electrons. The Morgan fingerprint density at radius 3 is 2.84 bits per heavy atom. The van der Waals surface area contributed by atoms with E-state index in [4.69, 9.17) is 0 Å². The predicted molar refractivity (Wildman–Crippen MR) is 122 cm³/mol. The quantitative estimate of drug-likeness (QED) is 0.560. The van der Waals surface area contributed by atoms with Crippen molar-refractivity contribution in [2.45, 2.75) is 25.7 Å². The first-order chi connectivity index (χ1) is 15.2. The van der Waals surface area contributed by atoms with Crippen LogP contribution in [0.5, 0.6) is 0 Å². The van der Waals surface area contributed by atoms with Gasteiger partial charge in [-0.2, -0.15) is 5.10 Å². The van der Waals surface area contributed by atoms with Crippen LogP contribution >= 0.6 is 0 Å². The molecular weight excluding hydrogens is 389 g/mol. The Labute approximate surface area is 182 Å². The third-order valence-electron chi connectivity index (χ3n) is 5.32. The second-order valence-corrected chi connectivity index (χ2v) is 7.70. The molecule has 1 aromatic carbocycles. The number of pyridine rings is 1. The van der Waals surface area contributed by atoms with Crippen molar-refractivity contribution in [2.75, 3.05) is 25.0 Å². The largest absolute Gasteiger partial charge is 0.353 e. The molecule has 3 aromatic rings. The number of H-pyrrole nitrogens is 1. The van der Waals surface area contributed by atoms with Gasteiger partial charge in [0.05, 0.1) is 23.1 Å². The molecule has 6 heteroatoms. The molecular formula is C25H26FN5. The standard InChI is InChI=1S/C25H26FN5/c1-19(25-21(17-28-30-25)10-9-20-6-4-7-22(26)16-20)29-24-12-11-23(27-18-24)8-5-15-31-13-2-3-14-31/h4,6-7,11-12,16-18,29H,1-3,5,8,13-15H2,(H,28,30). The zero-order valence-electron chi connectivity index (χ0n) is 17.5. The number of aromatic nitrogens is 3. The third-order valence-corrected chi connectivity index (χ3v) is 5.32. The zero-order valence-corrected chi connectivity index (χ0v) is 17.5. The summed E-state index contributed by atoms with van der Waals surface area (Å²) in [6.45, 7) is 7.71. The summed E-state index contributed by atoms with van der Waals surface area (Å²) in [7, 11) is 0. The lowest BCUT2D eigenvalue weighted by Crippen LogP contribution is -2.20. The van der Waals surface area contributed by atoms with Crippen LogP contribution in [-0.4, -0.2) is 39.7 Å². The Morgan fingerprint density at radius 1 is 1.19 bits per heavy atom. The van der Waals surface area contributed by atoms with Gasteiger partial charge in [-0.25, -0.2) is 4.39 Å². The zero-order chi connectivity index (χ0) is 21.5. The number of nitrogens with zero attached hydrogens (tertiary/aromatic N) is 3. The summed E-state index contributed by atoms with van der Waals surface area (Å²) in [6, 6.07) is 10.3. The number of likely N-dealkylation sites (tertiary alicyclic amines) is 1. The molecule has 0 unspecified atom stereocenters. The highest BCUT2D eigenvalue weighted by atomic mass is 19.1. The molecule has 0 aliphatic carbocycles. The number of halogens is 1. The molecule has 4 rings (SSSR count). The van der Waals surface area contributed by atoms with Crippen molar-refractivity contribution in [3.8, 4) is 11.8 Å². The molecule has 0 bridgehead atoms. The van der Waals surface area contributed by atoms with Gasteiger partial charge in [-0.3, -0.25) is 10.1 Å². The average molecular weight is 416 g/mol. The second kappa shape index (κ2) is 10.1. The lowest BCUT2D eigenvalue weighted by molar-refractivity contribution is 0.333. The van der Waals surface area contributed by atoms with Gasteiger partial charge in [-0.15, -0.1) is 0 Å². The molecule has 1 aliphatic heterocycles. The van der Waals surface area contributed by atoms with Gasteiger partial charge >= 0.3 is 0 Å². The highest BCUT2D eigenvalue weighted by Gasteiger charge is 2.11. The first-order valence-electron chi connectivity index (χ1n) is 10.6. The van der Waals surface area contributed by atoms with E-state index in [9.17, 15) is 4.39 Å². The van der Waals surface area contributed by atoms with Crippen molar-refractivity contribution in [3.63, 3.8) is 0 Å². The molecule has 0 radical (unpaired) electrons. The summed E-state index contributed by atoms with van der Waals surface area (Å²) in [5.41, 5.74) is 4.48. The molecule has 2 aromatic heterocycles. The lowest BCUT2D eigenvalue weighted by atomic mass is 10.1. The number of hydrogen-bond acceptors (Lipinski definition) is 4. The summed E-state index contributed by atoms with van der Waals surface area (Å²) >= 11 is 0. The number of rotatable bonds is 7. The van der Waals surface area contributed by atoms with Crippen LogP contribution in [0.4, 0.5) is 10.1 Å².